The van der Waals surface area contributed by atoms with Crippen molar-refractivity contribution in [2.75, 3.05) is 10.6 Å². The number of nitrogens with zero attached hydrogens (tertiary/aromatic N) is 1. The fourth-order valence-electron chi connectivity index (χ4n) is 2.61. The lowest BCUT2D eigenvalue weighted by Gasteiger charge is -2.05. The molecule has 5 heteroatoms. The molecule has 0 aliphatic heterocycles. The van der Waals surface area contributed by atoms with Crippen LogP contribution in [-0.2, 0) is 9.59 Å². The summed E-state index contributed by atoms with van der Waals surface area (Å²) in [5.41, 5.74) is 4.19. The van der Waals surface area contributed by atoms with Gasteiger partial charge in [0.1, 0.15) is 11.6 Å². The van der Waals surface area contributed by atoms with Crippen LogP contribution in [0.15, 0.2) is 78.9 Å². The number of hydrogen-bond donors (Lipinski definition) is 2. The first kappa shape index (κ1) is 20.7. The summed E-state index contributed by atoms with van der Waals surface area (Å²) in [5, 5.41) is 5.39. The van der Waals surface area contributed by atoms with Gasteiger partial charge in [-0.15, -0.1) is 0 Å². The van der Waals surface area contributed by atoms with Crippen LogP contribution in [-0.4, -0.2) is 16.8 Å². The van der Waals surface area contributed by atoms with Gasteiger partial charge < -0.3 is 10.6 Å². The Kier molecular flexibility index (Phi) is 6.90. The molecular formula is C25H23N3O2. The molecule has 0 atom stereocenters. The first-order valence-corrected chi connectivity index (χ1v) is 9.56. The van der Waals surface area contributed by atoms with Gasteiger partial charge in [0.05, 0.1) is 0 Å². The molecule has 30 heavy (non-hydrogen) atoms. The Morgan fingerprint density at radius 3 is 1.47 bits per heavy atom. The quantitative estimate of drug-likeness (QED) is 0.575. The molecule has 0 unspecified atom stereocenters. The smallest absolute Gasteiger partial charge is 0.249 e. The molecule has 3 aromatic rings. The number of benzene rings is 2. The van der Waals surface area contributed by atoms with E-state index >= 15 is 0 Å². The minimum absolute atomic E-state index is 0.300. The Labute approximate surface area is 176 Å². The topological polar surface area (TPSA) is 71.1 Å². The van der Waals surface area contributed by atoms with Crippen LogP contribution in [0.25, 0.3) is 12.2 Å². The van der Waals surface area contributed by atoms with Gasteiger partial charge in [0.2, 0.25) is 11.8 Å². The van der Waals surface area contributed by atoms with Gasteiger partial charge in [-0.2, -0.15) is 0 Å². The van der Waals surface area contributed by atoms with Crippen LogP contribution < -0.4 is 10.6 Å². The van der Waals surface area contributed by atoms with Gasteiger partial charge in [-0.25, -0.2) is 4.98 Å². The molecule has 2 amide bonds. The second kappa shape index (κ2) is 9.98. The summed E-state index contributed by atoms with van der Waals surface area (Å²) < 4.78 is 0. The van der Waals surface area contributed by atoms with Gasteiger partial charge in [-0.05, 0) is 49.3 Å². The van der Waals surface area contributed by atoms with Crippen molar-refractivity contribution < 1.29 is 9.59 Å². The minimum atomic E-state index is -0.300. The summed E-state index contributed by atoms with van der Waals surface area (Å²) in [5.74, 6) is 0.111. The normalized spacial score (nSPS) is 11.0. The van der Waals surface area contributed by atoms with Crippen molar-refractivity contribution in [1.29, 1.82) is 0 Å². The summed E-state index contributed by atoms with van der Waals surface area (Å²) in [6, 6.07) is 20.7. The van der Waals surface area contributed by atoms with Crippen molar-refractivity contribution in [2.24, 2.45) is 0 Å². The van der Waals surface area contributed by atoms with Gasteiger partial charge in [0.15, 0.2) is 0 Å². The SMILES string of the molecule is Cc1ccc(C=CC(=O)Nc2cccc(NC(=O)C=Cc3ccc(C)cc3)n2)cc1. The van der Waals surface area contributed by atoms with Crippen molar-refractivity contribution >= 4 is 35.6 Å². The van der Waals surface area contributed by atoms with E-state index in [1.807, 2.05) is 62.4 Å². The van der Waals surface area contributed by atoms with Crippen molar-refractivity contribution in [3.05, 3.63) is 101 Å². The molecule has 0 spiro atoms. The second-order valence-electron chi connectivity index (χ2n) is 6.87. The molecule has 2 aromatic carbocycles. The Morgan fingerprint density at radius 1 is 0.667 bits per heavy atom. The van der Waals surface area contributed by atoms with Crippen LogP contribution in [0.4, 0.5) is 11.6 Å². The summed E-state index contributed by atoms with van der Waals surface area (Å²) >= 11 is 0. The zero-order valence-corrected chi connectivity index (χ0v) is 16.9. The number of aryl methyl sites for hydroxylation is 2. The molecular weight excluding hydrogens is 374 g/mol. The summed E-state index contributed by atoms with van der Waals surface area (Å²) in [7, 11) is 0. The number of anilines is 2. The Balaban J connectivity index is 1.57. The molecule has 0 bridgehead atoms. The highest BCUT2D eigenvalue weighted by atomic mass is 16.2. The number of carbonyl (C=O) groups excluding carboxylic acids is 2. The maximum atomic E-state index is 12.1. The fourth-order valence-corrected chi connectivity index (χ4v) is 2.61. The molecule has 0 aliphatic rings. The van der Waals surface area contributed by atoms with Gasteiger partial charge >= 0.3 is 0 Å². The fraction of sp³-hybridized carbons (Fsp3) is 0.0800. The third kappa shape index (κ3) is 6.56. The molecule has 0 aliphatic carbocycles. The predicted molar refractivity (Wildman–Crippen MR) is 122 cm³/mol. The van der Waals surface area contributed by atoms with Crippen molar-refractivity contribution in [3.63, 3.8) is 0 Å². The van der Waals surface area contributed by atoms with E-state index in [-0.39, 0.29) is 11.8 Å². The van der Waals surface area contributed by atoms with E-state index in [0.29, 0.717) is 11.6 Å². The third-order valence-electron chi connectivity index (χ3n) is 4.26. The van der Waals surface area contributed by atoms with E-state index in [1.54, 1.807) is 30.4 Å². The summed E-state index contributed by atoms with van der Waals surface area (Å²) in [6.07, 6.45) is 6.36. The highest BCUT2D eigenvalue weighted by molar-refractivity contribution is 6.03. The van der Waals surface area contributed by atoms with E-state index in [0.717, 1.165) is 22.3 Å². The number of amides is 2. The second-order valence-corrected chi connectivity index (χ2v) is 6.87. The van der Waals surface area contributed by atoms with Gasteiger partial charge in [0.25, 0.3) is 0 Å². The van der Waals surface area contributed by atoms with Crippen LogP contribution in [0, 0.1) is 13.8 Å². The molecule has 0 saturated carbocycles. The number of carbonyl (C=O) groups is 2. The van der Waals surface area contributed by atoms with E-state index in [9.17, 15) is 9.59 Å². The summed E-state index contributed by atoms with van der Waals surface area (Å²) in [4.78, 5) is 28.5. The lowest BCUT2D eigenvalue weighted by atomic mass is 10.1. The van der Waals surface area contributed by atoms with Crippen molar-refractivity contribution in [2.45, 2.75) is 13.8 Å². The molecule has 1 heterocycles. The third-order valence-corrected chi connectivity index (χ3v) is 4.26. The van der Waals surface area contributed by atoms with Crippen LogP contribution in [0.3, 0.4) is 0 Å². The van der Waals surface area contributed by atoms with Gasteiger partial charge in [0, 0.05) is 12.2 Å². The van der Waals surface area contributed by atoms with E-state index in [2.05, 4.69) is 15.6 Å². The van der Waals surface area contributed by atoms with Crippen LogP contribution in [0.5, 0.6) is 0 Å². The monoisotopic (exact) mass is 397 g/mol. The predicted octanol–water partition coefficient (Wildman–Crippen LogP) is 5.00. The largest absolute Gasteiger partial charge is 0.307 e. The zero-order chi connectivity index (χ0) is 21.3. The van der Waals surface area contributed by atoms with E-state index in [4.69, 9.17) is 0 Å². The first-order chi connectivity index (χ1) is 14.5. The minimum Gasteiger partial charge on any atom is -0.307 e. The Hall–Kier alpha value is -3.99. The molecule has 0 saturated heterocycles. The maximum Gasteiger partial charge on any atom is 0.249 e. The average Bonchev–Trinajstić information content (AvgIpc) is 2.73. The number of rotatable bonds is 6. The number of aromatic nitrogens is 1. The maximum absolute atomic E-state index is 12.1. The molecule has 3 rings (SSSR count). The van der Waals surface area contributed by atoms with Crippen LogP contribution in [0.1, 0.15) is 22.3 Å². The molecule has 150 valence electrons. The van der Waals surface area contributed by atoms with E-state index < -0.39 is 0 Å². The Bertz CT molecular complexity index is 997. The van der Waals surface area contributed by atoms with E-state index in [1.165, 1.54) is 12.2 Å². The van der Waals surface area contributed by atoms with Crippen LogP contribution >= 0.6 is 0 Å². The van der Waals surface area contributed by atoms with Crippen molar-refractivity contribution in [3.8, 4) is 0 Å². The zero-order valence-electron chi connectivity index (χ0n) is 16.9. The molecule has 0 fully saturated rings. The first-order valence-electron chi connectivity index (χ1n) is 9.56. The molecule has 5 nitrogen and oxygen atoms in total. The highest BCUT2D eigenvalue weighted by Gasteiger charge is 2.03. The van der Waals surface area contributed by atoms with Crippen molar-refractivity contribution in [1.82, 2.24) is 4.98 Å². The lowest BCUT2D eigenvalue weighted by molar-refractivity contribution is -0.112. The lowest BCUT2D eigenvalue weighted by Crippen LogP contribution is -2.12. The average molecular weight is 397 g/mol. The van der Waals surface area contributed by atoms with Crippen LogP contribution in [0.2, 0.25) is 0 Å². The molecule has 0 radical (unpaired) electrons. The standard InChI is InChI=1S/C25H23N3O2/c1-18-6-10-20(11-7-18)14-16-24(29)27-22-4-3-5-23(26-22)28-25(30)17-15-21-12-8-19(2)9-13-21/h3-17H,1-2H3,(H2,26,27,28,29,30). The van der Waals surface area contributed by atoms with Gasteiger partial charge in [-0.1, -0.05) is 65.7 Å². The molecule has 1 aromatic heterocycles. The number of nitrogens with one attached hydrogen (secondary N) is 2. The number of hydrogen-bond acceptors (Lipinski definition) is 3. The Morgan fingerprint density at radius 2 is 1.07 bits per heavy atom. The number of pyridine rings is 1. The summed E-state index contributed by atoms with van der Waals surface area (Å²) in [6.45, 7) is 4.02. The van der Waals surface area contributed by atoms with Gasteiger partial charge in [-0.3, -0.25) is 9.59 Å². The molecule has 2 N–H and O–H groups in total. The highest BCUT2D eigenvalue weighted by Crippen LogP contribution is 2.11.